The zero-order valence-electron chi connectivity index (χ0n) is 19.7. The fourth-order valence-electron chi connectivity index (χ4n) is 7.22. The Morgan fingerprint density at radius 1 is 1.13 bits per heavy atom. The van der Waals surface area contributed by atoms with Crippen molar-refractivity contribution < 1.29 is 23.9 Å². The standard InChI is InChI=1S/C25H38O5/c1-9-23(7)13-19(29-17(5)26)24(8)15(3)10-11-25(12-14(2)20(28)21(24)25)16(4)22(23)30-18(6)27/h15-16,19,21-22H,2,9-13H2,1,3-8H3/t15-,16+,19-,21+,22+,23-,24+,25+/m1/s1. The molecule has 0 amide bonds. The maximum absolute atomic E-state index is 13.6. The van der Waals surface area contributed by atoms with Crippen LogP contribution in [0.1, 0.15) is 80.6 Å². The summed E-state index contributed by atoms with van der Waals surface area (Å²) in [6.45, 7) is 17.8. The summed E-state index contributed by atoms with van der Waals surface area (Å²) in [5, 5.41) is 0. The molecule has 3 saturated carbocycles. The fourth-order valence-corrected chi connectivity index (χ4v) is 7.22. The highest BCUT2D eigenvalue weighted by atomic mass is 16.6. The van der Waals surface area contributed by atoms with E-state index in [1.54, 1.807) is 0 Å². The topological polar surface area (TPSA) is 69.7 Å². The second-order valence-corrected chi connectivity index (χ2v) is 10.7. The Balaban J connectivity index is 2.28. The van der Waals surface area contributed by atoms with Gasteiger partial charge in [0.05, 0.1) is 0 Å². The van der Waals surface area contributed by atoms with E-state index in [4.69, 9.17) is 9.47 Å². The zero-order valence-corrected chi connectivity index (χ0v) is 19.7. The number of carbonyl (C=O) groups excluding carboxylic acids is 3. The van der Waals surface area contributed by atoms with Crippen LogP contribution < -0.4 is 0 Å². The Kier molecular flexibility index (Phi) is 5.75. The minimum Gasteiger partial charge on any atom is -0.462 e. The van der Waals surface area contributed by atoms with Gasteiger partial charge in [-0.3, -0.25) is 14.4 Å². The minimum absolute atomic E-state index is 0.00431. The molecule has 5 nitrogen and oxygen atoms in total. The van der Waals surface area contributed by atoms with Crippen molar-refractivity contribution in [3.63, 3.8) is 0 Å². The van der Waals surface area contributed by atoms with Gasteiger partial charge in [-0.15, -0.1) is 0 Å². The number of Topliss-reactive ketones (excluding diaryl/α,β-unsaturated/α-hetero) is 1. The van der Waals surface area contributed by atoms with Gasteiger partial charge in [-0.25, -0.2) is 0 Å². The Hall–Kier alpha value is -1.65. The Morgan fingerprint density at radius 2 is 1.73 bits per heavy atom. The third-order valence-electron chi connectivity index (χ3n) is 9.26. The molecule has 0 aromatic carbocycles. The number of ether oxygens (including phenoxy) is 2. The van der Waals surface area contributed by atoms with Crippen molar-refractivity contribution in [1.29, 1.82) is 0 Å². The fraction of sp³-hybridized carbons (Fsp3) is 0.800. The first kappa shape index (κ1) is 23.0. The van der Waals surface area contributed by atoms with Crippen LogP contribution in [0.3, 0.4) is 0 Å². The molecule has 0 aromatic heterocycles. The monoisotopic (exact) mass is 418 g/mol. The van der Waals surface area contributed by atoms with Gasteiger partial charge in [0.15, 0.2) is 5.78 Å². The third-order valence-corrected chi connectivity index (χ3v) is 9.26. The molecule has 5 heteroatoms. The van der Waals surface area contributed by atoms with Crippen LogP contribution in [0.25, 0.3) is 0 Å². The summed E-state index contributed by atoms with van der Waals surface area (Å²) in [5.74, 6) is -0.572. The van der Waals surface area contributed by atoms with Gasteiger partial charge in [-0.1, -0.05) is 41.2 Å². The van der Waals surface area contributed by atoms with E-state index < -0.39 is 11.5 Å². The summed E-state index contributed by atoms with van der Waals surface area (Å²) in [7, 11) is 0. The molecule has 0 aromatic rings. The molecule has 3 aliphatic rings. The molecule has 168 valence electrons. The summed E-state index contributed by atoms with van der Waals surface area (Å²) in [6.07, 6.45) is 3.06. The van der Waals surface area contributed by atoms with Crippen LogP contribution in [0.2, 0.25) is 0 Å². The summed E-state index contributed by atoms with van der Waals surface area (Å²) in [5.41, 5.74) is -0.513. The van der Waals surface area contributed by atoms with Crippen LogP contribution in [0.5, 0.6) is 0 Å². The van der Waals surface area contributed by atoms with Gasteiger partial charge in [0.2, 0.25) is 0 Å². The predicted molar refractivity (Wildman–Crippen MR) is 114 cm³/mol. The average Bonchev–Trinajstić information content (AvgIpc) is 2.92. The van der Waals surface area contributed by atoms with Crippen LogP contribution in [0.15, 0.2) is 12.2 Å². The van der Waals surface area contributed by atoms with Crippen molar-refractivity contribution in [2.45, 2.75) is 92.8 Å². The number of hydrogen-bond donors (Lipinski definition) is 0. The Labute approximate surface area is 181 Å². The van der Waals surface area contributed by atoms with Crippen molar-refractivity contribution in [2.24, 2.45) is 34.0 Å². The average molecular weight is 419 g/mol. The number of esters is 2. The van der Waals surface area contributed by atoms with E-state index in [9.17, 15) is 14.4 Å². The number of ketones is 1. The van der Waals surface area contributed by atoms with E-state index in [0.717, 1.165) is 19.3 Å². The molecule has 0 radical (unpaired) electrons. The molecule has 3 aliphatic carbocycles. The summed E-state index contributed by atoms with van der Waals surface area (Å²) in [6, 6.07) is 0. The van der Waals surface area contributed by atoms with E-state index >= 15 is 0 Å². The van der Waals surface area contributed by atoms with E-state index in [0.29, 0.717) is 18.4 Å². The maximum atomic E-state index is 13.6. The van der Waals surface area contributed by atoms with Gasteiger partial charge in [0.1, 0.15) is 12.2 Å². The molecule has 8 atom stereocenters. The highest BCUT2D eigenvalue weighted by molar-refractivity contribution is 6.00. The lowest BCUT2D eigenvalue weighted by atomic mass is 9.43. The number of allylic oxidation sites excluding steroid dienone is 1. The highest BCUT2D eigenvalue weighted by Gasteiger charge is 2.69. The minimum atomic E-state index is -0.480. The van der Waals surface area contributed by atoms with Crippen LogP contribution in [-0.2, 0) is 23.9 Å². The number of hydrogen-bond acceptors (Lipinski definition) is 5. The van der Waals surface area contributed by atoms with E-state index in [-0.39, 0.29) is 52.4 Å². The Morgan fingerprint density at radius 3 is 2.27 bits per heavy atom. The predicted octanol–water partition coefficient (Wildman–Crippen LogP) is 4.87. The first-order valence-electron chi connectivity index (χ1n) is 11.4. The van der Waals surface area contributed by atoms with Gasteiger partial charge in [-0.2, -0.15) is 0 Å². The largest absolute Gasteiger partial charge is 0.462 e. The molecule has 0 N–H and O–H groups in total. The normalized spacial score (nSPS) is 45.9. The number of rotatable bonds is 3. The third kappa shape index (κ3) is 3.15. The van der Waals surface area contributed by atoms with Gasteiger partial charge < -0.3 is 9.47 Å². The molecule has 30 heavy (non-hydrogen) atoms. The van der Waals surface area contributed by atoms with Crippen LogP contribution in [0, 0.1) is 34.0 Å². The second-order valence-electron chi connectivity index (χ2n) is 10.7. The molecule has 0 unspecified atom stereocenters. The summed E-state index contributed by atoms with van der Waals surface area (Å²) < 4.78 is 12.0. The lowest BCUT2D eigenvalue weighted by Gasteiger charge is -2.62. The van der Waals surface area contributed by atoms with E-state index in [1.807, 2.05) is 0 Å². The molecule has 0 saturated heterocycles. The molecular formula is C25H38O5. The smallest absolute Gasteiger partial charge is 0.302 e. The van der Waals surface area contributed by atoms with Crippen molar-refractivity contribution in [1.82, 2.24) is 0 Å². The molecule has 3 rings (SSSR count). The lowest BCUT2D eigenvalue weighted by molar-refractivity contribution is -0.218. The second kappa shape index (κ2) is 7.49. The first-order valence-corrected chi connectivity index (χ1v) is 11.4. The van der Waals surface area contributed by atoms with Gasteiger partial charge in [0, 0.05) is 36.5 Å². The van der Waals surface area contributed by atoms with Crippen LogP contribution >= 0.6 is 0 Å². The van der Waals surface area contributed by atoms with Crippen molar-refractivity contribution >= 4 is 17.7 Å². The molecule has 2 bridgehead atoms. The van der Waals surface area contributed by atoms with Crippen LogP contribution in [0.4, 0.5) is 0 Å². The summed E-state index contributed by atoms with van der Waals surface area (Å²) in [4.78, 5) is 37.9. The lowest BCUT2D eigenvalue weighted by Crippen LogP contribution is -2.63. The quantitative estimate of drug-likeness (QED) is 0.483. The maximum Gasteiger partial charge on any atom is 0.302 e. The van der Waals surface area contributed by atoms with Gasteiger partial charge in [0.25, 0.3) is 0 Å². The van der Waals surface area contributed by atoms with Crippen LogP contribution in [-0.4, -0.2) is 29.9 Å². The first-order chi connectivity index (χ1) is 13.8. The molecular weight excluding hydrogens is 380 g/mol. The summed E-state index contributed by atoms with van der Waals surface area (Å²) >= 11 is 0. The van der Waals surface area contributed by atoms with Crippen molar-refractivity contribution in [2.75, 3.05) is 0 Å². The molecule has 0 heterocycles. The van der Waals surface area contributed by atoms with Gasteiger partial charge >= 0.3 is 11.9 Å². The SMILES string of the molecule is C=C1C[C@]23CC[C@@H](C)[C@](C)([C@@H]2C1=O)[C@H](OC(C)=O)C[C@@](C)(CC)[C@@H](OC(C)=O)[C@@H]3C. The van der Waals surface area contributed by atoms with Crippen molar-refractivity contribution in [3.8, 4) is 0 Å². The Bertz CT molecular complexity index is 772. The van der Waals surface area contributed by atoms with E-state index in [2.05, 4.69) is 41.2 Å². The van der Waals surface area contributed by atoms with Crippen molar-refractivity contribution in [3.05, 3.63) is 12.2 Å². The number of carbonyl (C=O) groups is 3. The molecule has 0 spiro atoms. The zero-order chi connectivity index (χ0) is 22.6. The molecule has 3 fully saturated rings. The van der Waals surface area contributed by atoms with E-state index in [1.165, 1.54) is 13.8 Å². The highest BCUT2D eigenvalue weighted by Crippen LogP contribution is 2.69. The van der Waals surface area contributed by atoms with Gasteiger partial charge in [-0.05, 0) is 49.0 Å². The molecule has 0 aliphatic heterocycles.